The van der Waals surface area contributed by atoms with Crippen molar-refractivity contribution in [3.05, 3.63) is 64.7 Å². The van der Waals surface area contributed by atoms with Gasteiger partial charge in [0.2, 0.25) is 5.91 Å². The lowest BCUT2D eigenvalue weighted by Crippen LogP contribution is -2.73. The number of nitrogens with one attached hydrogen (secondary N) is 1. The lowest BCUT2D eigenvalue weighted by molar-refractivity contribution is -0.191. The number of unbranched alkanes of at least 4 members (excludes halogenated alkanes) is 2. The highest BCUT2D eigenvalue weighted by molar-refractivity contribution is 6.03. The van der Waals surface area contributed by atoms with Crippen LogP contribution in [-0.2, 0) is 11.2 Å². The second kappa shape index (κ2) is 16.6. The van der Waals surface area contributed by atoms with Gasteiger partial charge in [0.15, 0.2) is 6.23 Å². The highest BCUT2D eigenvalue weighted by atomic mass is 16.5. The molecule has 0 unspecified atom stereocenters. The first kappa shape index (κ1) is 35.1. The highest BCUT2D eigenvalue weighted by Crippen LogP contribution is 2.46. The molecule has 1 fully saturated rings. The number of imide groups is 1. The Morgan fingerprint density at radius 1 is 0.955 bits per heavy atom. The Morgan fingerprint density at radius 2 is 1.59 bits per heavy atom. The topological polar surface area (TPSA) is 99.2 Å². The maximum absolute atomic E-state index is 13.7. The molecular formula is C36H53N3O5. The Kier molecular flexibility index (Phi) is 13.3. The summed E-state index contributed by atoms with van der Waals surface area (Å²) < 4.78 is 6.46. The van der Waals surface area contributed by atoms with Gasteiger partial charge in [-0.3, -0.25) is 4.79 Å². The zero-order chi connectivity index (χ0) is 32.3. The number of ether oxygens (including phenoxy) is 1. The van der Waals surface area contributed by atoms with Crippen molar-refractivity contribution in [1.82, 2.24) is 15.1 Å². The van der Waals surface area contributed by atoms with E-state index < -0.39 is 23.6 Å². The number of likely N-dealkylation sites (tertiary alicyclic amines) is 1. The molecular weight excluding hydrogens is 554 g/mol. The minimum atomic E-state index is -0.977. The molecule has 44 heavy (non-hydrogen) atoms. The Bertz CT molecular complexity index is 1230. The number of hydrogen-bond acceptors (Lipinski definition) is 5. The van der Waals surface area contributed by atoms with Gasteiger partial charge in [-0.25, -0.2) is 14.5 Å². The van der Waals surface area contributed by atoms with Crippen LogP contribution in [0.3, 0.4) is 0 Å². The first-order valence-corrected chi connectivity index (χ1v) is 16.6. The van der Waals surface area contributed by atoms with Crippen molar-refractivity contribution < 1.29 is 24.2 Å². The van der Waals surface area contributed by atoms with Crippen LogP contribution in [0.2, 0.25) is 0 Å². The SMILES string of the molecule is CCCCN(CCCC)CCc1cc(O[C@@H]2N(C(=O)N[C@H](CCC)c3ccc(C)cc3)C(=O)C2(CC)CC)ccc1C(=O)O. The largest absolute Gasteiger partial charge is 0.478 e. The lowest BCUT2D eigenvalue weighted by Gasteiger charge is -2.53. The van der Waals surface area contributed by atoms with Gasteiger partial charge < -0.3 is 20.1 Å². The van der Waals surface area contributed by atoms with E-state index in [9.17, 15) is 19.5 Å². The first-order chi connectivity index (χ1) is 21.1. The number of benzene rings is 2. The van der Waals surface area contributed by atoms with Gasteiger partial charge in [-0.1, -0.05) is 83.7 Å². The summed E-state index contributed by atoms with van der Waals surface area (Å²) in [4.78, 5) is 43.0. The summed E-state index contributed by atoms with van der Waals surface area (Å²) in [5, 5.41) is 13.0. The summed E-state index contributed by atoms with van der Waals surface area (Å²) in [5.74, 6) is -0.757. The fraction of sp³-hybridized carbons (Fsp3) is 0.583. The van der Waals surface area contributed by atoms with Crippen LogP contribution in [0.15, 0.2) is 42.5 Å². The highest BCUT2D eigenvalue weighted by Gasteiger charge is 2.63. The van der Waals surface area contributed by atoms with E-state index in [0.29, 0.717) is 30.6 Å². The van der Waals surface area contributed by atoms with Crippen LogP contribution in [0.5, 0.6) is 5.75 Å². The second-order valence-corrected chi connectivity index (χ2v) is 12.1. The molecule has 1 heterocycles. The number of rotatable bonds is 18. The number of nitrogens with zero attached hydrogens (tertiary/aromatic N) is 2. The third-order valence-electron chi connectivity index (χ3n) is 9.10. The van der Waals surface area contributed by atoms with E-state index in [4.69, 9.17) is 4.74 Å². The molecule has 2 N–H and O–H groups in total. The number of aromatic carboxylic acids is 1. The number of carbonyl (C=O) groups excluding carboxylic acids is 2. The predicted molar refractivity (Wildman–Crippen MR) is 175 cm³/mol. The van der Waals surface area contributed by atoms with E-state index in [0.717, 1.165) is 69.3 Å². The Morgan fingerprint density at radius 3 is 2.14 bits per heavy atom. The molecule has 3 rings (SSSR count). The predicted octanol–water partition coefficient (Wildman–Crippen LogP) is 7.74. The molecule has 0 saturated carbocycles. The van der Waals surface area contributed by atoms with Gasteiger partial charge in [0.05, 0.1) is 11.6 Å². The molecule has 1 saturated heterocycles. The van der Waals surface area contributed by atoms with E-state index in [2.05, 4.69) is 31.0 Å². The van der Waals surface area contributed by atoms with Gasteiger partial charge >= 0.3 is 12.0 Å². The van der Waals surface area contributed by atoms with Crippen LogP contribution in [0.1, 0.15) is 119 Å². The monoisotopic (exact) mass is 607 g/mol. The summed E-state index contributed by atoms with van der Waals surface area (Å²) in [6.45, 7) is 15.1. The average Bonchev–Trinajstić information content (AvgIpc) is 3.01. The normalized spacial score (nSPS) is 16.5. The number of amides is 3. The van der Waals surface area contributed by atoms with E-state index in [1.165, 1.54) is 4.90 Å². The average molecular weight is 608 g/mol. The number of carboxylic acid groups (broad SMARTS) is 1. The molecule has 3 amide bonds. The van der Waals surface area contributed by atoms with Crippen LogP contribution >= 0.6 is 0 Å². The molecule has 0 spiro atoms. The molecule has 0 aromatic heterocycles. The van der Waals surface area contributed by atoms with Crippen LogP contribution in [0.4, 0.5) is 4.79 Å². The number of aryl methyl sites for hydroxylation is 1. The van der Waals surface area contributed by atoms with Crippen LogP contribution in [0.25, 0.3) is 0 Å². The van der Waals surface area contributed by atoms with Crippen LogP contribution < -0.4 is 10.1 Å². The maximum Gasteiger partial charge on any atom is 0.335 e. The van der Waals surface area contributed by atoms with Gasteiger partial charge in [-0.05, 0) is 87.9 Å². The molecule has 1 aliphatic rings. The van der Waals surface area contributed by atoms with E-state index >= 15 is 0 Å². The molecule has 8 heteroatoms. The fourth-order valence-corrected chi connectivity index (χ4v) is 6.09. The van der Waals surface area contributed by atoms with Gasteiger partial charge in [0, 0.05) is 6.54 Å². The van der Waals surface area contributed by atoms with Crippen molar-refractivity contribution in [2.45, 2.75) is 112 Å². The van der Waals surface area contributed by atoms with Crippen molar-refractivity contribution in [3.63, 3.8) is 0 Å². The maximum atomic E-state index is 13.7. The summed E-state index contributed by atoms with van der Waals surface area (Å²) >= 11 is 0. The molecule has 0 radical (unpaired) electrons. The summed E-state index contributed by atoms with van der Waals surface area (Å²) in [6.07, 6.45) is 6.86. The first-order valence-electron chi connectivity index (χ1n) is 16.6. The third kappa shape index (κ3) is 8.20. The van der Waals surface area contributed by atoms with Crippen LogP contribution in [-0.4, -0.2) is 58.7 Å². The summed E-state index contributed by atoms with van der Waals surface area (Å²) in [5.41, 5.74) is 2.25. The minimum Gasteiger partial charge on any atom is -0.478 e. The smallest absolute Gasteiger partial charge is 0.335 e. The molecule has 2 aromatic carbocycles. The molecule has 8 nitrogen and oxygen atoms in total. The zero-order valence-electron chi connectivity index (χ0n) is 27.7. The fourth-order valence-electron chi connectivity index (χ4n) is 6.09. The van der Waals surface area contributed by atoms with Gasteiger partial charge in [-0.2, -0.15) is 0 Å². The lowest BCUT2D eigenvalue weighted by atomic mass is 9.72. The van der Waals surface area contributed by atoms with Gasteiger partial charge in [-0.15, -0.1) is 0 Å². The summed E-state index contributed by atoms with van der Waals surface area (Å²) in [7, 11) is 0. The number of β-lactam (4-membered cyclic amide) rings is 1. The molecule has 242 valence electrons. The molecule has 2 atom stereocenters. The van der Waals surface area contributed by atoms with Crippen molar-refractivity contribution >= 4 is 17.9 Å². The van der Waals surface area contributed by atoms with Gasteiger partial charge in [0.1, 0.15) is 11.2 Å². The Balaban J connectivity index is 1.86. The summed E-state index contributed by atoms with van der Waals surface area (Å²) in [6, 6.07) is 12.4. The van der Waals surface area contributed by atoms with Crippen molar-refractivity contribution in [2.24, 2.45) is 5.41 Å². The second-order valence-electron chi connectivity index (χ2n) is 12.1. The van der Waals surface area contributed by atoms with E-state index in [1.807, 2.05) is 45.0 Å². The quantitative estimate of drug-likeness (QED) is 0.168. The molecule has 0 aliphatic carbocycles. The molecule has 0 bridgehead atoms. The Hall–Kier alpha value is -3.39. The number of urea groups is 1. The number of carbonyl (C=O) groups is 3. The van der Waals surface area contributed by atoms with Crippen molar-refractivity contribution in [2.75, 3.05) is 19.6 Å². The Labute approximate surface area is 264 Å². The number of carboxylic acids is 1. The molecule has 1 aliphatic heterocycles. The molecule has 2 aromatic rings. The van der Waals surface area contributed by atoms with E-state index in [-0.39, 0.29) is 17.5 Å². The standard InChI is InChI=1S/C36H53N3O5/c1-7-12-22-38(23-13-8-2)24-21-28-25-29(19-20-30(28)32(40)41)44-34-36(10-4,11-5)33(42)39(34)35(43)37-31(14-9-3)27-17-15-26(6)16-18-27/h15-20,25,31,34H,7-14,21-24H2,1-6H3,(H,37,43)(H,40,41)/t31-,34+/m1/s1. The van der Waals surface area contributed by atoms with E-state index in [1.54, 1.807) is 18.2 Å². The number of hydrogen-bond donors (Lipinski definition) is 2. The van der Waals surface area contributed by atoms with Crippen molar-refractivity contribution in [1.29, 1.82) is 0 Å². The zero-order valence-corrected chi connectivity index (χ0v) is 27.7. The van der Waals surface area contributed by atoms with Gasteiger partial charge in [0.25, 0.3) is 0 Å². The van der Waals surface area contributed by atoms with Crippen molar-refractivity contribution in [3.8, 4) is 5.75 Å². The van der Waals surface area contributed by atoms with Crippen LogP contribution in [0, 0.1) is 12.3 Å². The minimum absolute atomic E-state index is 0.232. The third-order valence-corrected chi connectivity index (χ3v) is 9.10.